The first kappa shape index (κ1) is 34.3. The van der Waals surface area contributed by atoms with Crippen LogP contribution in [-0.4, -0.2) is 19.5 Å². The van der Waals surface area contributed by atoms with Gasteiger partial charge in [0, 0.05) is 27.5 Å². The lowest BCUT2D eigenvalue weighted by atomic mass is 9.96. The lowest BCUT2D eigenvalue weighted by molar-refractivity contribution is 1.06. The summed E-state index contributed by atoms with van der Waals surface area (Å²) in [6.07, 6.45) is 0. The summed E-state index contributed by atoms with van der Waals surface area (Å²) in [5, 5.41) is 4.79. The Balaban J connectivity index is 1.19. The van der Waals surface area contributed by atoms with Crippen molar-refractivity contribution in [2.45, 2.75) is 0 Å². The van der Waals surface area contributed by atoms with Gasteiger partial charge in [-0.3, -0.25) is 0 Å². The summed E-state index contributed by atoms with van der Waals surface area (Å²) < 4.78 is 2.38. The summed E-state index contributed by atoms with van der Waals surface area (Å²) in [6, 6.07) is 76.9. The molecule has 0 spiro atoms. The van der Waals surface area contributed by atoms with Gasteiger partial charge in [-0.1, -0.05) is 194 Å². The Kier molecular flexibility index (Phi) is 8.45. The zero-order valence-electron chi connectivity index (χ0n) is 32.1. The Morgan fingerprint density at radius 2 is 0.746 bits per heavy atom. The highest BCUT2D eigenvalue weighted by atomic mass is 15.1. The van der Waals surface area contributed by atoms with E-state index in [2.05, 4.69) is 211 Å². The van der Waals surface area contributed by atoms with E-state index in [9.17, 15) is 0 Å². The number of rotatable bonds is 7. The van der Waals surface area contributed by atoms with Crippen LogP contribution in [0.25, 0.3) is 106 Å². The predicted molar refractivity (Wildman–Crippen MR) is 244 cm³/mol. The van der Waals surface area contributed by atoms with Crippen molar-refractivity contribution >= 4 is 32.6 Å². The van der Waals surface area contributed by atoms with Crippen molar-refractivity contribution < 1.29 is 0 Å². The molecule has 0 N–H and O–H groups in total. The zero-order valence-corrected chi connectivity index (χ0v) is 32.1. The van der Waals surface area contributed by atoms with Gasteiger partial charge in [-0.15, -0.1) is 0 Å². The SMILES string of the molecule is c1ccc(-c2ccc(-c3nc(-c4ccccc4-c4ccccc4)nc(-c4ccc(-c5cccc6ccccc56)cc4-n4c5ccccc5c5ccccc54)n3)cc2)cc1. The molecule has 0 radical (unpaired) electrons. The summed E-state index contributed by atoms with van der Waals surface area (Å²) in [4.78, 5) is 16.0. The number of aromatic nitrogens is 4. The fourth-order valence-electron chi connectivity index (χ4n) is 8.47. The molecule has 0 atom stereocenters. The fourth-order valence-corrected chi connectivity index (χ4v) is 8.47. The van der Waals surface area contributed by atoms with Crippen LogP contribution >= 0.6 is 0 Å². The molecule has 0 aliphatic carbocycles. The molecule has 276 valence electrons. The molecule has 2 aromatic heterocycles. The number of hydrogen-bond acceptors (Lipinski definition) is 3. The molecule has 11 rings (SSSR count). The van der Waals surface area contributed by atoms with Gasteiger partial charge < -0.3 is 4.57 Å². The molecule has 0 aliphatic rings. The van der Waals surface area contributed by atoms with Crippen molar-refractivity contribution in [2.24, 2.45) is 0 Å². The molecule has 0 aliphatic heterocycles. The molecule has 0 saturated carbocycles. The Labute approximate surface area is 342 Å². The van der Waals surface area contributed by atoms with E-state index < -0.39 is 0 Å². The van der Waals surface area contributed by atoms with E-state index >= 15 is 0 Å². The summed E-state index contributed by atoms with van der Waals surface area (Å²) in [7, 11) is 0. The zero-order chi connectivity index (χ0) is 39.1. The van der Waals surface area contributed by atoms with E-state index in [1.165, 1.54) is 27.1 Å². The maximum Gasteiger partial charge on any atom is 0.166 e. The first-order valence-electron chi connectivity index (χ1n) is 19.9. The molecule has 0 amide bonds. The monoisotopic (exact) mass is 752 g/mol. The lowest BCUT2D eigenvalue weighted by Crippen LogP contribution is -2.04. The first-order valence-corrected chi connectivity index (χ1v) is 19.9. The Hall–Kier alpha value is -7.95. The summed E-state index contributed by atoms with van der Waals surface area (Å²) in [5.74, 6) is 1.82. The quantitative estimate of drug-likeness (QED) is 0.163. The molecule has 11 aromatic rings. The van der Waals surface area contributed by atoms with Gasteiger partial charge in [0.1, 0.15) is 0 Å². The minimum atomic E-state index is 0.598. The van der Waals surface area contributed by atoms with Crippen LogP contribution < -0.4 is 0 Å². The van der Waals surface area contributed by atoms with Gasteiger partial charge in [-0.2, -0.15) is 0 Å². The molecule has 59 heavy (non-hydrogen) atoms. The minimum Gasteiger partial charge on any atom is -0.308 e. The highest BCUT2D eigenvalue weighted by Gasteiger charge is 2.21. The van der Waals surface area contributed by atoms with Gasteiger partial charge in [0.15, 0.2) is 17.5 Å². The van der Waals surface area contributed by atoms with Gasteiger partial charge >= 0.3 is 0 Å². The Morgan fingerprint density at radius 3 is 1.46 bits per heavy atom. The summed E-state index contributed by atoms with van der Waals surface area (Å²) >= 11 is 0. The second kappa shape index (κ2) is 14.5. The third kappa shape index (κ3) is 6.15. The number of benzene rings is 9. The van der Waals surface area contributed by atoms with Crippen LogP contribution in [0.4, 0.5) is 0 Å². The highest BCUT2D eigenvalue weighted by Crippen LogP contribution is 2.40. The van der Waals surface area contributed by atoms with Gasteiger partial charge in [-0.25, -0.2) is 15.0 Å². The molecule has 9 aromatic carbocycles. The maximum absolute atomic E-state index is 5.40. The average Bonchev–Trinajstić information content (AvgIpc) is 3.66. The minimum absolute atomic E-state index is 0.598. The summed E-state index contributed by atoms with van der Waals surface area (Å²) in [5.41, 5.74) is 12.7. The number of fused-ring (bicyclic) bond motifs is 4. The van der Waals surface area contributed by atoms with Crippen LogP contribution in [0.5, 0.6) is 0 Å². The lowest BCUT2D eigenvalue weighted by Gasteiger charge is -2.17. The molecule has 0 bridgehead atoms. The largest absolute Gasteiger partial charge is 0.308 e. The van der Waals surface area contributed by atoms with Gasteiger partial charge in [0.25, 0.3) is 0 Å². The number of nitrogens with zero attached hydrogens (tertiary/aromatic N) is 4. The molecule has 0 fully saturated rings. The molecule has 0 unspecified atom stereocenters. The Bertz CT molecular complexity index is 3250. The van der Waals surface area contributed by atoms with Crippen molar-refractivity contribution in [3.8, 4) is 73.2 Å². The molecular weight excluding hydrogens is 717 g/mol. The van der Waals surface area contributed by atoms with Crippen LogP contribution in [0.3, 0.4) is 0 Å². The Morgan fingerprint density at radius 1 is 0.271 bits per heavy atom. The van der Waals surface area contributed by atoms with E-state index in [0.717, 1.165) is 61.2 Å². The second-order valence-electron chi connectivity index (χ2n) is 14.8. The smallest absolute Gasteiger partial charge is 0.166 e. The third-order valence-electron chi connectivity index (χ3n) is 11.3. The van der Waals surface area contributed by atoms with Crippen LogP contribution in [0.2, 0.25) is 0 Å². The standard InChI is InChI=1S/C55H36N4/c1-3-16-37(17-4-1)38-30-32-41(33-31-38)53-56-54(48-26-10-9-23-44(48)39-18-5-2-6-19-39)58-55(57-53)49-35-34-42(45-27-15-21-40-20-7-8-22-43(40)45)36-52(49)59-50-28-13-11-24-46(50)47-25-12-14-29-51(47)59/h1-36H. The van der Waals surface area contributed by atoms with Crippen LogP contribution in [0.15, 0.2) is 218 Å². The first-order chi connectivity index (χ1) is 29.3. The molecule has 0 saturated heterocycles. The second-order valence-corrected chi connectivity index (χ2v) is 14.8. The van der Waals surface area contributed by atoms with Crippen LogP contribution in [0, 0.1) is 0 Å². The van der Waals surface area contributed by atoms with Crippen molar-refractivity contribution in [1.29, 1.82) is 0 Å². The van der Waals surface area contributed by atoms with Crippen LogP contribution in [-0.2, 0) is 0 Å². The van der Waals surface area contributed by atoms with Crippen molar-refractivity contribution in [2.75, 3.05) is 0 Å². The normalized spacial score (nSPS) is 11.4. The van der Waals surface area contributed by atoms with Gasteiger partial charge in [0.05, 0.1) is 16.7 Å². The third-order valence-corrected chi connectivity index (χ3v) is 11.3. The maximum atomic E-state index is 5.40. The molecule has 2 heterocycles. The van der Waals surface area contributed by atoms with Gasteiger partial charge in [-0.05, 0) is 68.4 Å². The van der Waals surface area contributed by atoms with E-state index in [-0.39, 0.29) is 0 Å². The number of hydrogen-bond donors (Lipinski definition) is 0. The van der Waals surface area contributed by atoms with E-state index in [0.29, 0.717) is 17.5 Å². The van der Waals surface area contributed by atoms with E-state index in [1.807, 2.05) is 12.1 Å². The summed E-state index contributed by atoms with van der Waals surface area (Å²) in [6.45, 7) is 0. The fraction of sp³-hybridized carbons (Fsp3) is 0. The van der Waals surface area contributed by atoms with Crippen LogP contribution in [0.1, 0.15) is 0 Å². The topological polar surface area (TPSA) is 43.6 Å². The average molecular weight is 753 g/mol. The molecule has 4 nitrogen and oxygen atoms in total. The van der Waals surface area contributed by atoms with E-state index in [4.69, 9.17) is 15.0 Å². The van der Waals surface area contributed by atoms with Gasteiger partial charge in [0.2, 0.25) is 0 Å². The highest BCUT2D eigenvalue weighted by molar-refractivity contribution is 6.10. The molecule has 4 heteroatoms. The number of para-hydroxylation sites is 2. The van der Waals surface area contributed by atoms with E-state index in [1.54, 1.807) is 0 Å². The van der Waals surface area contributed by atoms with Crippen molar-refractivity contribution in [3.05, 3.63) is 218 Å². The molecular formula is C55H36N4. The predicted octanol–water partition coefficient (Wildman–Crippen LogP) is 14.1. The van der Waals surface area contributed by atoms with Crippen molar-refractivity contribution in [1.82, 2.24) is 19.5 Å². The van der Waals surface area contributed by atoms with Crippen molar-refractivity contribution in [3.63, 3.8) is 0 Å².